The molecule has 0 saturated carbocycles. The summed E-state index contributed by atoms with van der Waals surface area (Å²) in [7, 11) is 0. The lowest BCUT2D eigenvalue weighted by Gasteiger charge is -2.41. The smallest absolute Gasteiger partial charge is 0.283 e. The number of amides is 1. The highest BCUT2D eigenvalue weighted by Crippen LogP contribution is 2.62. The molecule has 0 fully saturated rings. The molecule has 0 aliphatic rings. The summed E-state index contributed by atoms with van der Waals surface area (Å²) in [5, 5.41) is 0.328. The molecule has 0 unspecified atom stereocenters. The van der Waals surface area contributed by atoms with Crippen molar-refractivity contribution in [1.29, 1.82) is 0 Å². The Bertz CT molecular complexity index is 675. The van der Waals surface area contributed by atoms with Crippen LogP contribution in [0.5, 0.6) is 0 Å². The molecular weight excluding hydrogens is 636 g/mol. The first-order valence-electron chi connectivity index (χ1n) is 8.29. The normalized spacial score (nSPS) is 14.1. The summed E-state index contributed by atoms with van der Waals surface area (Å²) in [4.78, 5) is 11.1. The second-order valence-corrected chi connectivity index (χ2v) is 5.97. The Kier molecular flexibility index (Phi) is 12.9. The predicted molar refractivity (Wildman–Crippen MR) is 98.1 cm³/mol. The first-order valence-corrected chi connectivity index (χ1v) is 8.29. The zero-order valence-corrected chi connectivity index (χ0v) is 19.5. The van der Waals surface area contributed by atoms with Crippen LogP contribution in [-0.2, 0) is 4.79 Å². The molecule has 0 bridgehead atoms. The van der Waals surface area contributed by atoms with Gasteiger partial charge >= 0.3 is 47.6 Å². The average Bonchev–Trinajstić information content (AvgIpc) is 2.64. The van der Waals surface area contributed by atoms with Crippen molar-refractivity contribution in [1.82, 2.24) is 10.4 Å². The van der Waals surface area contributed by atoms with Crippen LogP contribution in [0.2, 0.25) is 0 Å². The Morgan fingerprint density at radius 2 is 0.971 bits per heavy atom. The molecule has 0 aromatic carbocycles. The van der Waals surface area contributed by atoms with Gasteiger partial charge in [0.05, 0.1) is 0 Å². The molecule has 34 heavy (non-hydrogen) atoms. The van der Waals surface area contributed by atoms with Gasteiger partial charge in [-0.1, -0.05) is 19.9 Å². The minimum Gasteiger partial charge on any atom is -0.283 e. The van der Waals surface area contributed by atoms with Crippen LogP contribution in [0.1, 0.15) is 20.8 Å². The molecule has 0 spiro atoms. The fourth-order valence-electron chi connectivity index (χ4n) is 1.70. The second-order valence-electron chi connectivity index (χ2n) is 5.97. The van der Waals surface area contributed by atoms with Crippen molar-refractivity contribution in [2.75, 3.05) is 13.1 Å². The average molecular weight is 654 g/mol. The van der Waals surface area contributed by atoms with Crippen molar-refractivity contribution in [3.05, 3.63) is 12.7 Å². The van der Waals surface area contributed by atoms with E-state index < -0.39 is 60.7 Å². The van der Waals surface area contributed by atoms with Crippen molar-refractivity contribution in [2.24, 2.45) is 0 Å². The minimum absolute atomic E-state index is 0. The van der Waals surface area contributed by atoms with E-state index in [2.05, 4.69) is 6.58 Å². The van der Waals surface area contributed by atoms with Gasteiger partial charge < -0.3 is 0 Å². The number of carbonyl (C=O) groups is 1. The molecule has 1 N–H and O–H groups in total. The number of nitrogens with one attached hydrogen (secondary N) is 1. The third kappa shape index (κ3) is 6.15. The van der Waals surface area contributed by atoms with Crippen LogP contribution < -0.4 is 5.43 Å². The summed E-state index contributed by atoms with van der Waals surface area (Å²) in [6.45, 7) is 6.52. The van der Waals surface area contributed by atoms with Gasteiger partial charge in [-0.2, -0.15) is 65.9 Å². The standard InChI is InChI=1S/C12H11F15N2O.C3H6.HI/c1-3-29(4-2)28-5(30)6(13,14)7(15,16)8(17,18)9(19,20)10(21,22)11(23,24)12(25,26)27;1-3-2;/h3-4H2,1-2H3,(H,28,30);3H,1H2,2H3;1H. The number of allylic oxidation sites excluding steroid dienone is 1. The second kappa shape index (κ2) is 11.7. The predicted octanol–water partition coefficient (Wildman–Crippen LogP) is 6.54. The molecule has 0 heterocycles. The number of carbonyl (C=O) groups excluding carboxylic acids is 1. The minimum atomic E-state index is -8.42. The van der Waals surface area contributed by atoms with Crippen molar-refractivity contribution in [2.45, 2.75) is 62.5 Å². The number of nitrogens with zero attached hydrogens (tertiary/aromatic N) is 1. The van der Waals surface area contributed by atoms with Gasteiger partial charge in [0.1, 0.15) is 0 Å². The molecule has 206 valence electrons. The van der Waals surface area contributed by atoms with Crippen LogP contribution in [-0.4, -0.2) is 65.7 Å². The largest absolute Gasteiger partial charge is 0.460 e. The number of hydrogen-bond acceptors (Lipinski definition) is 2. The van der Waals surface area contributed by atoms with Crippen molar-refractivity contribution in [3.63, 3.8) is 0 Å². The molecule has 0 aliphatic heterocycles. The number of rotatable bonds is 9. The molecule has 19 heteroatoms. The first-order chi connectivity index (χ1) is 14.3. The molecule has 0 aliphatic carbocycles. The maximum atomic E-state index is 13.5. The van der Waals surface area contributed by atoms with E-state index in [0.717, 1.165) is 19.3 Å². The van der Waals surface area contributed by atoms with E-state index in [1.165, 1.54) is 0 Å². The summed E-state index contributed by atoms with van der Waals surface area (Å²) in [6.07, 6.45) is -5.92. The van der Waals surface area contributed by atoms with Gasteiger partial charge in [0.2, 0.25) is 0 Å². The summed E-state index contributed by atoms with van der Waals surface area (Å²) in [5.74, 6) is -51.3. The Labute approximate surface area is 199 Å². The molecule has 0 atom stereocenters. The molecule has 0 radical (unpaired) electrons. The Hall–Kier alpha value is -1.15. The highest BCUT2D eigenvalue weighted by Gasteiger charge is 2.94. The monoisotopic (exact) mass is 654 g/mol. The number of hydrazine groups is 1. The molecule has 1 amide bonds. The van der Waals surface area contributed by atoms with Gasteiger partial charge in [-0.05, 0) is 6.92 Å². The Balaban J connectivity index is -0.00000227. The highest BCUT2D eigenvalue weighted by atomic mass is 127. The summed E-state index contributed by atoms with van der Waals surface area (Å²) < 4.78 is 194. The SMILES string of the molecule is C=CC.CCN(CC)NC(=O)C(F)(F)C(F)(F)C(F)(F)C(F)(F)C(F)(F)C(F)(F)C(F)(F)F.I. The van der Waals surface area contributed by atoms with E-state index in [9.17, 15) is 70.7 Å². The van der Waals surface area contributed by atoms with Crippen molar-refractivity contribution >= 4 is 29.9 Å². The molecule has 0 aromatic rings. The van der Waals surface area contributed by atoms with E-state index in [1.807, 2.05) is 6.92 Å². The van der Waals surface area contributed by atoms with Gasteiger partial charge in [0, 0.05) is 13.1 Å². The van der Waals surface area contributed by atoms with E-state index in [0.29, 0.717) is 5.01 Å². The maximum absolute atomic E-state index is 13.5. The zero-order valence-electron chi connectivity index (χ0n) is 17.1. The van der Waals surface area contributed by atoms with Crippen molar-refractivity contribution < 1.29 is 70.7 Å². The van der Waals surface area contributed by atoms with Gasteiger partial charge in [0.25, 0.3) is 0 Å². The fraction of sp³-hybridized carbons (Fsp3) is 0.800. The topological polar surface area (TPSA) is 32.3 Å². The molecule has 0 saturated heterocycles. The number of halogens is 16. The molecular formula is C15H18F15IN2O. The lowest BCUT2D eigenvalue weighted by Crippen LogP contribution is -2.74. The Morgan fingerprint density at radius 1 is 0.706 bits per heavy atom. The van der Waals surface area contributed by atoms with Crippen molar-refractivity contribution in [3.8, 4) is 0 Å². The van der Waals surface area contributed by atoms with Gasteiger partial charge in [0.15, 0.2) is 0 Å². The van der Waals surface area contributed by atoms with Crippen LogP contribution in [0, 0.1) is 0 Å². The van der Waals surface area contributed by atoms with E-state index in [-0.39, 0.29) is 24.0 Å². The Morgan fingerprint density at radius 3 is 1.24 bits per heavy atom. The highest BCUT2D eigenvalue weighted by molar-refractivity contribution is 14.0. The summed E-state index contributed by atoms with van der Waals surface area (Å²) >= 11 is 0. The maximum Gasteiger partial charge on any atom is 0.460 e. The quantitative estimate of drug-likeness (QED) is 0.133. The van der Waals surface area contributed by atoms with Gasteiger partial charge in [-0.3, -0.25) is 10.2 Å². The third-order valence-corrected chi connectivity index (χ3v) is 3.64. The first kappa shape index (κ1) is 37.4. The third-order valence-electron chi connectivity index (χ3n) is 3.64. The lowest BCUT2D eigenvalue weighted by atomic mass is 9.91. The van der Waals surface area contributed by atoms with Crippen LogP contribution in [0.3, 0.4) is 0 Å². The fourth-order valence-corrected chi connectivity index (χ4v) is 1.70. The van der Waals surface area contributed by atoms with Gasteiger partial charge in [-0.25, -0.2) is 5.01 Å². The van der Waals surface area contributed by atoms with E-state index >= 15 is 0 Å². The van der Waals surface area contributed by atoms with E-state index in [1.54, 1.807) is 6.08 Å². The summed E-state index contributed by atoms with van der Waals surface area (Å²) in [5.41, 5.74) is 0.850. The number of alkyl halides is 15. The van der Waals surface area contributed by atoms with Crippen LogP contribution in [0.4, 0.5) is 65.9 Å². The zero-order chi connectivity index (χ0) is 27.5. The van der Waals surface area contributed by atoms with E-state index in [4.69, 9.17) is 0 Å². The number of hydrogen-bond donors (Lipinski definition) is 1. The van der Waals surface area contributed by atoms with Gasteiger partial charge in [-0.15, -0.1) is 30.6 Å². The molecule has 0 rings (SSSR count). The van der Waals surface area contributed by atoms with Crippen LogP contribution >= 0.6 is 24.0 Å². The van der Waals surface area contributed by atoms with Crippen LogP contribution in [0.25, 0.3) is 0 Å². The molecule has 3 nitrogen and oxygen atoms in total. The lowest BCUT2D eigenvalue weighted by molar-refractivity contribution is -0.449. The van der Waals surface area contributed by atoms with Crippen LogP contribution in [0.15, 0.2) is 12.7 Å². The molecule has 0 aromatic heterocycles. The summed E-state index contributed by atoms with van der Waals surface area (Å²) in [6, 6.07) is 0.